The number of nitro benzene ring substituents is 1. The molecular formula is C12H11F3N2O6. The van der Waals surface area contributed by atoms with Gasteiger partial charge in [0.2, 0.25) is 0 Å². The van der Waals surface area contributed by atoms with Crippen LogP contribution in [0.4, 0.5) is 18.9 Å². The number of aliphatic carboxylic acids is 1. The number of aliphatic hydroxyl groups is 1. The van der Waals surface area contributed by atoms with Gasteiger partial charge in [0.05, 0.1) is 17.0 Å². The second-order valence-electron chi connectivity index (χ2n) is 4.75. The molecule has 1 unspecified atom stereocenters. The molecule has 1 aromatic carbocycles. The lowest BCUT2D eigenvalue weighted by atomic mass is 10.1. The normalized spacial score (nSPS) is 14.0. The Morgan fingerprint density at radius 1 is 1.35 bits per heavy atom. The van der Waals surface area contributed by atoms with Crippen molar-refractivity contribution in [2.75, 3.05) is 6.54 Å². The number of nitrogens with one attached hydrogen (secondary N) is 1. The molecule has 0 spiro atoms. The summed E-state index contributed by atoms with van der Waals surface area (Å²) in [6.45, 7) is 0.0795. The molecule has 0 saturated heterocycles. The SMILES string of the molecule is CC(O)(CNC(=O)c1ccc(C(F)(F)F)cc1[N+](=O)[O-])C(=O)O. The maximum atomic E-state index is 12.5. The van der Waals surface area contributed by atoms with Crippen molar-refractivity contribution in [3.63, 3.8) is 0 Å². The number of alkyl halides is 3. The van der Waals surface area contributed by atoms with E-state index in [2.05, 4.69) is 0 Å². The average molecular weight is 336 g/mol. The number of carbonyl (C=O) groups is 2. The van der Waals surface area contributed by atoms with Crippen molar-refractivity contribution in [1.29, 1.82) is 0 Å². The highest BCUT2D eigenvalue weighted by molar-refractivity contribution is 5.98. The summed E-state index contributed by atoms with van der Waals surface area (Å²) in [5, 5.41) is 30.8. The molecule has 0 aliphatic rings. The van der Waals surface area contributed by atoms with Gasteiger partial charge in [-0.3, -0.25) is 14.9 Å². The van der Waals surface area contributed by atoms with Gasteiger partial charge in [-0.1, -0.05) is 0 Å². The van der Waals surface area contributed by atoms with Crippen LogP contribution in [0.3, 0.4) is 0 Å². The molecule has 8 nitrogen and oxygen atoms in total. The Bertz CT molecular complexity index is 657. The zero-order valence-corrected chi connectivity index (χ0v) is 11.5. The number of carbonyl (C=O) groups excluding carboxylic acids is 1. The number of hydrogen-bond donors (Lipinski definition) is 3. The quantitative estimate of drug-likeness (QED) is 0.547. The minimum atomic E-state index is -4.83. The first-order chi connectivity index (χ1) is 10.4. The van der Waals surface area contributed by atoms with Crippen LogP contribution in [0.2, 0.25) is 0 Å². The van der Waals surface area contributed by atoms with Crippen molar-refractivity contribution in [2.45, 2.75) is 18.7 Å². The molecule has 3 N–H and O–H groups in total. The third-order valence-corrected chi connectivity index (χ3v) is 2.82. The van der Waals surface area contributed by atoms with Crippen molar-refractivity contribution in [3.05, 3.63) is 39.4 Å². The number of hydrogen-bond acceptors (Lipinski definition) is 5. The van der Waals surface area contributed by atoms with Crippen LogP contribution < -0.4 is 5.32 Å². The number of benzene rings is 1. The molecule has 0 aliphatic heterocycles. The van der Waals surface area contributed by atoms with Crippen LogP contribution in [0, 0.1) is 10.1 Å². The van der Waals surface area contributed by atoms with Crippen LogP contribution >= 0.6 is 0 Å². The fraction of sp³-hybridized carbons (Fsp3) is 0.333. The number of carboxylic acids is 1. The van der Waals surface area contributed by atoms with E-state index in [9.17, 15) is 38.0 Å². The molecule has 0 fully saturated rings. The molecule has 11 heteroatoms. The lowest BCUT2D eigenvalue weighted by Crippen LogP contribution is -2.46. The van der Waals surface area contributed by atoms with Crippen LogP contribution in [-0.4, -0.2) is 39.2 Å². The fourth-order valence-electron chi connectivity index (χ4n) is 1.47. The van der Waals surface area contributed by atoms with E-state index in [1.807, 2.05) is 5.32 Å². The van der Waals surface area contributed by atoms with Gasteiger partial charge in [-0.15, -0.1) is 0 Å². The van der Waals surface area contributed by atoms with Crippen LogP contribution in [-0.2, 0) is 11.0 Å². The minimum Gasteiger partial charge on any atom is -0.479 e. The highest BCUT2D eigenvalue weighted by Crippen LogP contribution is 2.33. The number of amides is 1. The Hall–Kier alpha value is -2.69. The molecule has 126 valence electrons. The number of halogens is 3. The maximum absolute atomic E-state index is 12.5. The van der Waals surface area contributed by atoms with E-state index in [1.54, 1.807) is 0 Å². The van der Waals surface area contributed by atoms with Gasteiger partial charge in [-0.05, 0) is 19.1 Å². The van der Waals surface area contributed by atoms with Gasteiger partial charge < -0.3 is 15.5 Å². The summed E-state index contributed by atoms with van der Waals surface area (Å²) in [7, 11) is 0. The van der Waals surface area contributed by atoms with Crippen LogP contribution in [0.1, 0.15) is 22.8 Å². The van der Waals surface area contributed by atoms with E-state index in [0.717, 1.165) is 6.92 Å². The molecule has 1 rings (SSSR count). The van der Waals surface area contributed by atoms with Crippen molar-refractivity contribution < 1.29 is 37.9 Å². The summed E-state index contributed by atoms with van der Waals surface area (Å²) in [5.41, 5.74) is -5.43. The third kappa shape index (κ3) is 4.39. The van der Waals surface area contributed by atoms with Crippen molar-refractivity contribution >= 4 is 17.6 Å². The molecule has 0 radical (unpaired) electrons. The molecule has 0 aromatic heterocycles. The Kier molecular flexibility index (Phi) is 4.95. The molecule has 1 atom stereocenters. The number of carboxylic acid groups (broad SMARTS) is 1. The highest BCUT2D eigenvalue weighted by atomic mass is 19.4. The van der Waals surface area contributed by atoms with Gasteiger partial charge in [0, 0.05) is 6.07 Å². The van der Waals surface area contributed by atoms with E-state index in [0.29, 0.717) is 12.1 Å². The van der Waals surface area contributed by atoms with Crippen LogP contribution in [0.15, 0.2) is 18.2 Å². The molecule has 23 heavy (non-hydrogen) atoms. The summed E-state index contributed by atoms with van der Waals surface area (Å²) >= 11 is 0. The van der Waals surface area contributed by atoms with Crippen LogP contribution in [0.5, 0.6) is 0 Å². The van der Waals surface area contributed by atoms with E-state index < -0.39 is 51.9 Å². The summed E-state index contributed by atoms with van der Waals surface area (Å²) in [6, 6.07) is 1.28. The largest absolute Gasteiger partial charge is 0.479 e. The topological polar surface area (TPSA) is 130 Å². The van der Waals surface area contributed by atoms with Crippen molar-refractivity contribution in [1.82, 2.24) is 5.32 Å². The highest BCUT2D eigenvalue weighted by Gasteiger charge is 2.35. The zero-order valence-electron chi connectivity index (χ0n) is 11.5. The van der Waals surface area contributed by atoms with Gasteiger partial charge in [0.1, 0.15) is 5.56 Å². The van der Waals surface area contributed by atoms with Gasteiger partial charge in [-0.2, -0.15) is 13.2 Å². The van der Waals surface area contributed by atoms with E-state index >= 15 is 0 Å². The Morgan fingerprint density at radius 3 is 2.35 bits per heavy atom. The number of nitro groups is 1. The standard InChI is InChI=1S/C12H11F3N2O6/c1-11(21,10(19)20)5-16-9(18)7-3-2-6(12(13,14)15)4-8(7)17(22)23/h2-4,21H,5H2,1H3,(H,16,18)(H,19,20). The third-order valence-electron chi connectivity index (χ3n) is 2.82. The Labute approximate surface area is 126 Å². The predicted molar refractivity (Wildman–Crippen MR) is 68.7 cm³/mol. The first-order valence-electron chi connectivity index (χ1n) is 5.96. The summed E-state index contributed by atoms with van der Waals surface area (Å²) in [5.74, 6) is -2.84. The smallest absolute Gasteiger partial charge is 0.416 e. The monoisotopic (exact) mass is 336 g/mol. The van der Waals surface area contributed by atoms with Crippen molar-refractivity contribution in [3.8, 4) is 0 Å². The molecular weight excluding hydrogens is 325 g/mol. The van der Waals surface area contributed by atoms with E-state index in [1.165, 1.54) is 0 Å². The molecule has 1 aromatic rings. The fourth-order valence-corrected chi connectivity index (χ4v) is 1.47. The molecule has 0 saturated carbocycles. The Balaban J connectivity index is 3.10. The van der Waals surface area contributed by atoms with Gasteiger partial charge in [-0.25, -0.2) is 4.79 Å². The first kappa shape index (κ1) is 18.4. The summed E-state index contributed by atoms with van der Waals surface area (Å²) < 4.78 is 37.6. The Morgan fingerprint density at radius 2 is 1.91 bits per heavy atom. The number of nitrogens with zero attached hydrogens (tertiary/aromatic N) is 1. The average Bonchev–Trinajstić information content (AvgIpc) is 2.42. The minimum absolute atomic E-state index is 0.199. The van der Waals surface area contributed by atoms with Gasteiger partial charge >= 0.3 is 12.1 Å². The van der Waals surface area contributed by atoms with Gasteiger partial charge in [0.25, 0.3) is 11.6 Å². The first-order valence-corrected chi connectivity index (χ1v) is 5.96. The molecule has 0 aliphatic carbocycles. The second kappa shape index (κ2) is 6.20. The van der Waals surface area contributed by atoms with E-state index in [4.69, 9.17) is 5.11 Å². The molecule has 1 amide bonds. The second-order valence-corrected chi connectivity index (χ2v) is 4.75. The molecule has 0 bridgehead atoms. The lowest BCUT2D eigenvalue weighted by Gasteiger charge is -2.18. The summed E-state index contributed by atoms with van der Waals surface area (Å²) in [6.07, 6.45) is -4.83. The van der Waals surface area contributed by atoms with Gasteiger partial charge in [0.15, 0.2) is 5.60 Å². The predicted octanol–water partition coefficient (Wildman–Crippen LogP) is 1.18. The van der Waals surface area contributed by atoms with Crippen LogP contribution in [0.25, 0.3) is 0 Å². The number of rotatable bonds is 5. The molecule has 0 heterocycles. The van der Waals surface area contributed by atoms with Crippen molar-refractivity contribution in [2.24, 2.45) is 0 Å². The zero-order chi connectivity index (χ0) is 18.0. The van der Waals surface area contributed by atoms with E-state index in [-0.39, 0.29) is 6.07 Å². The maximum Gasteiger partial charge on any atom is 0.416 e. The summed E-state index contributed by atoms with van der Waals surface area (Å²) in [4.78, 5) is 32.1. The lowest BCUT2D eigenvalue weighted by molar-refractivity contribution is -0.385.